The van der Waals surface area contributed by atoms with Crippen molar-refractivity contribution in [2.24, 2.45) is 0 Å². The van der Waals surface area contributed by atoms with Crippen LogP contribution in [-0.2, 0) is 15.0 Å². The molecule has 1 aliphatic heterocycles. The highest BCUT2D eigenvalue weighted by Gasteiger charge is 2.44. The molecule has 0 bridgehead atoms. The summed E-state index contributed by atoms with van der Waals surface area (Å²) in [5, 5.41) is 0. The molecule has 28 heavy (non-hydrogen) atoms. The quantitative estimate of drug-likeness (QED) is 0.442. The van der Waals surface area contributed by atoms with Crippen LogP contribution in [0.3, 0.4) is 0 Å². The Morgan fingerprint density at radius 1 is 1.04 bits per heavy atom. The van der Waals surface area contributed by atoms with Gasteiger partial charge in [-0.2, -0.15) is 0 Å². The maximum absolute atomic E-state index is 12.8. The standard InChI is InChI=1S/C23H26BN2O2/c1-23(2,20-12-10-18(11-13-20)17-8-6-5-7-9-17)21-14-19(15-25(3)4)22(28)26(21)24-16-27/h5-13,15-16,21H,14H2,1-4H3/b19-15-/t21-/m0/s1. The lowest BCUT2D eigenvalue weighted by atomic mass is 9.74. The molecule has 1 aliphatic rings. The van der Waals surface area contributed by atoms with Crippen LogP contribution < -0.4 is 0 Å². The first-order valence-corrected chi connectivity index (χ1v) is 9.49. The van der Waals surface area contributed by atoms with Crippen molar-refractivity contribution in [3.8, 4) is 11.1 Å². The van der Waals surface area contributed by atoms with Gasteiger partial charge in [0.2, 0.25) is 5.91 Å². The molecule has 1 fully saturated rings. The molecule has 1 amide bonds. The van der Waals surface area contributed by atoms with E-state index in [9.17, 15) is 9.59 Å². The molecular weight excluding hydrogens is 347 g/mol. The Bertz CT molecular complexity index is 873. The molecule has 1 saturated heterocycles. The van der Waals surface area contributed by atoms with E-state index in [1.807, 2.05) is 43.4 Å². The lowest BCUT2D eigenvalue weighted by Crippen LogP contribution is -2.47. The minimum absolute atomic E-state index is 0.0974. The zero-order chi connectivity index (χ0) is 20.3. The van der Waals surface area contributed by atoms with Crippen molar-refractivity contribution in [2.75, 3.05) is 14.1 Å². The van der Waals surface area contributed by atoms with E-state index in [4.69, 9.17) is 0 Å². The number of carbonyl (C=O) groups excluding carboxylic acids is 2. The lowest BCUT2D eigenvalue weighted by Gasteiger charge is -2.37. The first-order chi connectivity index (χ1) is 13.3. The summed E-state index contributed by atoms with van der Waals surface area (Å²) in [6.07, 6.45) is 3.15. The van der Waals surface area contributed by atoms with Crippen LogP contribution >= 0.6 is 0 Å². The third-order valence-corrected chi connectivity index (χ3v) is 5.46. The summed E-state index contributed by atoms with van der Waals surface area (Å²) < 4.78 is 0. The largest absolute Gasteiger partial charge is 0.383 e. The van der Waals surface area contributed by atoms with Crippen molar-refractivity contribution in [3.63, 3.8) is 0 Å². The van der Waals surface area contributed by atoms with E-state index in [1.165, 1.54) is 13.0 Å². The molecule has 0 aliphatic carbocycles. The molecule has 2 aromatic rings. The van der Waals surface area contributed by atoms with Gasteiger partial charge < -0.3 is 14.5 Å². The number of carbonyl (C=O) groups is 2. The van der Waals surface area contributed by atoms with Gasteiger partial charge in [0.15, 0.2) is 0 Å². The van der Waals surface area contributed by atoms with E-state index in [1.54, 1.807) is 4.81 Å². The van der Waals surface area contributed by atoms with Crippen LogP contribution in [0.2, 0.25) is 0 Å². The lowest BCUT2D eigenvalue weighted by molar-refractivity contribution is -0.122. The Balaban J connectivity index is 1.92. The fourth-order valence-corrected chi connectivity index (χ4v) is 3.88. The van der Waals surface area contributed by atoms with E-state index < -0.39 is 0 Å². The molecule has 2 aromatic carbocycles. The molecule has 0 saturated carbocycles. The first-order valence-electron chi connectivity index (χ1n) is 9.49. The van der Waals surface area contributed by atoms with Crippen molar-refractivity contribution in [1.82, 2.24) is 9.71 Å². The predicted molar refractivity (Wildman–Crippen MR) is 114 cm³/mol. The van der Waals surface area contributed by atoms with E-state index >= 15 is 0 Å². The smallest absolute Gasteiger partial charge is 0.331 e. The number of hydrogen-bond acceptors (Lipinski definition) is 3. The SMILES string of the molecule is CN(C)/C=C1/C[C@@H](C(C)(C)c2ccc(-c3ccccc3)cc2)N([B]C=O)C1=O. The van der Waals surface area contributed by atoms with E-state index in [0.717, 1.165) is 16.7 Å². The summed E-state index contributed by atoms with van der Waals surface area (Å²) in [4.78, 5) is 27.4. The molecule has 3 rings (SSSR count). The molecule has 4 nitrogen and oxygen atoms in total. The Morgan fingerprint density at radius 3 is 2.21 bits per heavy atom. The number of nitrogens with zero attached hydrogens (tertiary/aromatic N) is 2. The van der Waals surface area contributed by atoms with Gasteiger partial charge in [0.25, 0.3) is 0 Å². The highest BCUT2D eigenvalue weighted by molar-refractivity contribution is 6.67. The highest BCUT2D eigenvalue weighted by Crippen LogP contribution is 2.39. The number of hydrogen-bond donors (Lipinski definition) is 0. The molecule has 0 aromatic heterocycles. The van der Waals surface area contributed by atoms with Gasteiger partial charge in [-0.1, -0.05) is 68.4 Å². The Kier molecular flexibility index (Phi) is 5.73. The average molecular weight is 373 g/mol. The maximum atomic E-state index is 12.8. The second-order valence-electron chi connectivity index (χ2n) is 8.00. The normalized spacial score (nSPS) is 18.4. The molecule has 0 unspecified atom stereocenters. The van der Waals surface area contributed by atoms with Crippen LogP contribution in [0.15, 0.2) is 66.4 Å². The maximum Gasteiger partial charge on any atom is 0.331 e. The van der Waals surface area contributed by atoms with Gasteiger partial charge in [-0.3, -0.25) is 4.79 Å². The van der Waals surface area contributed by atoms with E-state index in [2.05, 4.69) is 50.2 Å². The van der Waals surface area contributed by atoms with Gasteiger partial charge in [0.1, 0.15) is 6.19 Å². The van der Waals surface area contributed by atoms with Crippen molar-refractivity contribution in [3.05, 3.63) is 71.9 Å². The summed E-state index contributed by atoms with van der Waals surface area (Å²) >= 11 is 0. The molecule has 1 heterocycles. The van der Waals surface area contributed by atoms with Gasteiger partial charge in [-0.15, -0.1) is 0 Å². The van der Waals surface area contributed by atoms with Crippen LogP contribution in [0, 0.1) is 0 Å². The first kappa shape index (κ1) is 19.9. The molecule has 0 N–H and O–H groups in total. The topological polar surface area (TPSA) is 40.6 Å². The minimum Gasteiger partial charge on any atom is -0.383 e. The predicted octanol–water partition coefficient (Wildman–Crippen LogP) is 3.49. The summed E-state index contributed by atoms with van der Waals surface area (Å²) in [6, 6.07) is 18.6. The third-order valence-electron chi connectivity index (χ3n) is 5.46. The molecule has 1 radical (unpaired) electrons. The van der Waals surface area contributed by atoms with Gasteiger partial charge >= 0.3 is 7.41 Å². The van der Waals surface area contributed by atoms with Crippen LogP contribution in [0.4, 0.5) is 0 Å². The average Bonchev–Trinajstić information content (AvgIpc) is 2.99. The summed E-state index contributed by atoms with van der Waals surface area (Å²) in [5.74, 6) is -0.0974. The van der Waals surface area contributed by atoms with Crippen LogP contribution in [0.25, 0.3) is 11.1 Å². The van der Waals surface area contributed by atoms with Crippen molar-refractivity contribution in [2.45, 2.75) is 31.7 Å². The summed E-state index contributed by atoms with van der Waals surface area (Å²) in [6.45, 7) is 4.26. The molecule has 5 heteroatoms. The number of rotatable bonds is 6. The van der Waals surface area contributed by atoms with Gasteiger partial charge in [0, 0.05) is 37.3 Å². The van der Waals surface area contributed by atoms with Gasteiger partial charge in [0.05, 0.1) is 0 Å². The molecular formula is C23H26BN2O2. The van der Waals surface area contributed by atoms with Crippen LogP contribution in [0.1, 0.15) is 25.8 Å². The van der Waals surface area contributed by atoms with Crippen LogP contribution in [0.5, 0.6) is 0 Å². The Labute approximate surface area is 168 Å². The highest BCUT2D eigenvalue weighted by atomic mass is 16.2. The van der Waals surface area contributed by atoms with Crippen molar-refractivity contribution < 1.29 is 9.59 Å². The number of benzene rings is 2. The van der Waals surface area contributed by atoms with Crippen molar-refractivity contribution in [1.29, 1.82) is 0 Å². The summed E-state index contributed by atoms with van der Waals surface area (Å²) in [7, 11) is 5.16. The summed E-state index contributed by atoms with van der Waals surface area (Å²) in [5.41, 5.74) is 3.89. The molecule has 143 valence electrons. The Morgan fingerprint density at radius 2 is 1.64 bits per heavy atom. The zero-order valence-electron chi connectivity index (χ0n) is 16.9. The van der Waals surface area contributed by atoms with E-state index in [0.29, 0.717) is 12.6 Å². The Hall–Kier alpha value is -2.82. The van der Waals surface area contributed by atoms with Crippen molar-refractivity contribution >= 4 is 19.5 Å². The minimum atomic E-state index is -0.313. The van der Waals surface area contributed by atoms with Crippen LogP contribution in [-0.4, -0.2) is 49.4 Å². The van der Waals surface area contributed by atoms with Gasteiger partial charge in [-0.05, 0) is 23.1 Å². The fourth-order valence-electron chi connectivity index (χ4n) is 3.88. The molecule has 1 atom stereocenters. The monoisotopic (exact) mass is 373 g/mol. The second-order valence-corrected chi connectivity index (χ2v) is 8.00. The zero-order valence-corrected chi connectivity index (χ0v) is 16.9. The van der Waals surface area contributed by atoms with E-state index in [-0.39, 0.29) is 17.4 Å². The third kappa shape index (κ3) is 3.89. The number of amides is 1. The van der Waals surface area contributed by atoms with Gasteiger partial charge in [-0.25, -0.2) is 0 Å². The second kappa shape index (κ2) is 8.05. The fraction of sp³-hybridized carbons (Fsp3) is 0.304. The molecule has 0 spiro atoms.